The van der Waals surface area contributed by atoms with E-state index in [1.54, 1.807) is 11.3 Å². The lowest BCUT2D eigenvalue weighted by atomic mass is 10.2. The van der Waals surface area contributed by atoms with Crippen molar-refractivity contribution in [3.05, 3.63) is 11.1 Å². The van der Waals surface area contributed by atoms with Crippen LogP contribution in [0.1, 0.15) is 11.8 Å². The van der Waals surface area contributed by atoms with Gasteiger partial charge >= 0.3 is 0 Å². The Labute approximate surface area is 101 Å². The normalized spacial score (nSPS) is 20.1. The van der Waals surface area contributed by atoms with E-state index in [-0.39, 0.29) is 6.04 Å². The zero-order chi connectivity index (χ0) is 11.5. The van der Waals surface area contributed by atoms with Gasteiger partial charge in [0.1, 0.15) is 0 Å². The van der Waals surface area contributed by atoms with Gasteiger partial charge in [-0.05, 0) is 20.4 Å². The maximum atomic E-state index is 5.79. The molecule has 1 unspecified atom stereocenters. The number of thiazole rings is 1. The highest BCUT2D eigenvalue weighted by molar-refractivity contribution is 7.15. The highest BCUT2D eigenvalue weighted by Crippen LogP contribution is 2.24. The molecule has 0 aliphatic carbocycles. The Morgan fingerprint density at radius 3 is 2.75 bits per heavy atom. The van der Waals surface area contributed by atoms with E-state index in [9.17, 15) is 0 Å². The second-order valence-corrected chi connectivity index (χ2v) is 5.67. The third kappa shape index (κ3) is 2.93. The molecule has 16 heavy (non-hydrogen) atoms. The largest absolute Gasteiger partial charge is 0.346 e. The van der Waals surface area contributed by atoms with Crippen molar-refractivity contribution in [3.63, 3.8) is 0 Å². The fourth-order valence-electron chi connectivity index (χ4n) is 1.85. The van der Waals surface area contributed by atoms with Gasteiger partial charge in [-0.15, -0.1) is 11.3 Å². The van der Waals surface area contributed by atoms with Crippen LogP contribution in [-0.4, -0.2) is 49.2 Å². The lowest BCUT2D eigenvalue weighted by Gasteiger charge is -2.32. The Kier molecular flexibility index (Phi) is 3.78. The Hall–Kier alpha value is -0.650. The molecule has 2 N–H and O–H groups in total. The molecule has 1 fully saturated rings. The van der Waals surface area contributed by atoms with Gasteiger partial charge in [0, 0.05) is 43.3 Å². The Balaban J connectivity index is 1.96. The Bertz CT molecular complexity index is 328. The predicted molar refractivity (Wildman–Crippen MR) is 69.2 cm³/mol. The minimum atomic E-state index is 0.223. The van der Waals surface area contributed by atoms with E-state index in [1.165, 1.54) is 4.88 Å². The highest BCUT2D eigenvalue weighted by Gasteiger charge is 2.17. The van der Waals surface area contributed by atoms with Gasteiger partial charge in [0.25, 0.3) is 0 Å². The third-order valence-corrected chi connectivity index (χ3v) is 3.92. The van der Waals surface area contributed by atoms with Crippen LogP contribution in [0.3, 0.4) is 0 Å². The summed E-state index contributed by atoms with van der Waals surface area (Å²) in [6, 6.07) is 0.223. The molecule has 1 aliphatic rings. The van der Waals surface area contributed by atoms with E-state index in [0.29, 0.717) is 0 Å². The van der Waals surface area contributed by atoms with Gasteiger partial charge in [-0.25, -0.2) is 4.98 Å². The number of nitrogens with zero attached hydrogens (tertiary/aromatic N) is 3. The van der Waals surface area contributed by atoms with Crippen LogP contribution in [0.2, 0.25) is 0 Å². The first kappa shape index (κ1) is 11.8. The molecule has 1 atom stereocenters. The minimum Gasteiger partial charge on any atom is -0.346 e. The van der Waals surface area contributed by atoms with Gasteiger partial charge in [-0.2, -0.15) is 0 Å². The van der Waals surface area contributed by atoms with E-state index in [2.05, 4.69) is 21.8 Å². The number of aromatic nitrogens is 1. The van der Waals surface area contributed by atoms with Crippen LogP contribution in [0.4, 0.5) is 5.13 Å². The smallest absolute Gasteiger partial charge is 0.185 e. The first-order valence-electron chi connectivity index (χ1n) is 5.79. The summed E-state index contributed by atoms with van der Waals surface area (Å²) in [4.78, 5) is 10.5. The third-order valence-electron chi connectivity index (χ3n) is 2.84. The van der Waals surface area contributed by atoms with E-state index < -0.39 is 0 Å². The summed E-state index contributed by atoms with van der Waals surface area (Å²) >= 11 is 1.79. The van der Waals surface area contributed by atoms with Crippen LogP contribution in [0.5, 0.6) is 0 Å². The molecule has 4 nitrogen and oxygen atoms in total. The molecule has 0 spiro atoms. The van der Waals surface area contributed by atoms with Gasteiger partial charge < -0.3 is 15.5 Å². The minimum absolute atomic E-state index is 0.223. The first-order valence-corrected chi connectivity index (χ1v) is 6.60. The summed E-state index contributed by atoms with van der Waals surface area (Å²) in [5, 5.41) is 1.16. The van der Waals surface area contributed by atoms with Gasteiger partial charge in [-0.1, -0.05) is 0 Å². The molecule has 0 aromatic carbocycles. The number of hydrogen-bond donors (Lipinski definition) is 1. The van der Waals surface area contributed by atoms with Crippen molar-refractivity contribution in [3.8, 4) is 0 Å². The zero-order valence-electron chi connectivity index (χ0n) is 10.0. The zero-order valence-corrected chi connectivity index (χ0v) is 10.8. The average Bonchev–Trinajstić information content (AvgIpc) is 2.66. The average molecular weight is 240 g/mol. The van der Waals surface area contributed by atoms with Crippen LogP contribution in [0.25, 0.3) is 0 Å². The summed E-state index contributed by atoms with van der Waals surface area (Å²) in [7, 11) is 2.17. The number of rotatable bonds is 3. The van der Waals surface area contributed by atoms with E-state index >= 15 is 0 Å². The highest BCUT2D eigenvalue weighted by atomic mass is 32.1. The van der Waals surface area contributed by atoms with Crippen LogP contribution in [0.15, 0.2) is 6.20 Å². The van der Waals surface area contributed by atoms with Crippen LogP contribution in [-0.2, 0) is 6.42 Å². The number of anilines is 1. The molecule has 90 valence electrons. The Morgan fingerprint density at radius 2 is 2.12 bits per heavy atom. The van der Waals surface area contributed by atoms with E-state index in [0.717, 1.165) is 37.7 Å². The molecule has 0 radical (unpaired) electrons. The maximum absolute atomic E-state index is 5.79. The Morgan fingerprint density at radius 1 is 1.44 bits per heavy atom. The van der Waals surface area contributed by atoms with Crippen molar-refractivity contribution in [1.29, 1.82) is 0 Å². The molecule has 2 heterocycles. The fourth-order valence-corrected chi connectivity index (χ4v) is 2.96. The van der Waals surface area contributed by atoms with Crippen molar-refractivity contribution < 1.29 is 0 Å². The number of piperazine rings is 1. The molecule has 0 saturated carbocycles. The standard InChI is InChI=1S/C11H20N4S/c1-9(12)7-10-8-13-11(16-10)15-5-3-14(2)4-6-15/h8-9H,3-7,12H2,1-2H3. The van der Waals surface area contributed by atoms with E-state index in [1.807, 2.05) is 13.1 Å². The molecule has 0 bridgehead atoms. The summed E-state index contributed by atoms with van der Waals surface area (Å²) < 4.78 is 0. The lowest BCUT2D eigenvalue weighted by Crippen LogP contribution is -2.44. The second kappa shape index (κ2) is 5.12. The molecule has 2 rings (SSSR count). The molecule has 5 heteroatoms. The first-order chi connectivity index (χ1) is 7.65. The van der Waals surface area contributed by atoms with Gasteiger partial charge in [0.2, 0.25) is 0 Å². The molecular formula is C11H20N4S. The van der Waals surface area contributed by atoms with Crippen LogP contribution in [0, 0.1) is 0 Å². The second-order valence-electron chi connectivity index (χ2n) is 4.58. The monoisotopic (exact) mass is 240 g/mol. The van der Waals surface area contributed by atoms with Gasteiger partial charge in [0.05, 0.1) is 0 Å². The van der Waals surface area contributed by atoms with Gasteiger partial charge in [0.15, 0.2) is 5.13 Å². The van der Waals surface area contributed by atoms with Crippen LogP contribution >= 0.6 is 11.3 Å². The summed E-state index contributed by atoms with van der Waals surface area (Å²) in [6.45, 7) is 6.46. The molecule has 1 saturated heterocycles. The quantitative estimate of drug-likeness (QED) is 0.848. The molecular weight excluding hydrogens is 220 g/mol. The van der Waals surface area contributed by atoms with Crippen LogP contribution < -0.4 is 10.6 Å². The topological polar surface area (TPSA) is 45.4 Å². The number of likely N-dealkylation sites (N-methyl/N-ethyl adjacent to an activating group) is 1. The van der Waals surface area contributed by atoms with Crippen molar-refractivity contribution >= 4 is 16.5 Å². The summed E-state index contributed by atoms with van der Waals surface area (Å²) in [5.41, 5.74) is 5.79. The molecule has 1 aromatic heterocycles. The lowest BCUT2D eigenvalue weighted by molar-refractivity contribution is 0.313. The maximum Gasteiger partial charge on any atom is 0.185 e. The summed E-state index contributed by atoms with van der Waals surface area (Å²) in [5.74, 6) is 0. The predicted octanol–water partition coefficient (Wildman–Crippen LogP) is 0.785. The SMILES string of the molecule is CC(N)Cc1cnc(N2CCN(C)CC2)s1. The molecule has 1 aromatic rings. The van der Waals surface area contributed by atoms with E-state index in [4.69, 9.17) is 5.73 Å². The molecule has 0 amide bonds. The van der Waals surface area contributed by atoms with Crippen molar-refractivity contribution in [2.24, 2.45) is 5.73 Å². The van der Waals surface area contributed by atoms with Gasteiger partial charge in [-0.3, -0.25) is 0 Å². The van der Waals surface area contributed by atoms with Crippen molar-refractivity contribution in [2.75, 3.05) is 38.1 Å². The summed E-state index contributed by atoms with van der Waals surface area (Å²) in [6.07, 6.45) is 2.91. The number of hydrogen-bond acceptors (Lipinski definition) is 5. The molecule has 1 aliphatic heterocycles. The van der Waals surface area contributed by atoms with Crippen molar-refractivity contribution in [2.45, 2.75) is 19.4 Å². The fraction of sp³-hybridized carbons (Fsp3) is 0.727. The number of nitrogens with two attached hydrogens (primary N) is 1. The van der Waals surface area contributed by atoms with Crippen molar-refractivity contribution in [1.82, 2.24) is 9.88 Å².